The first-order valence-corrected chi connectivity index (χ1v) is 13.7. The van der Waals surface area contributed by atoms with Gasteiger partial charge in [-0.25, -0.2) is 13.8 Å². The van der Waals surface area contributed by atoms with E-state index in [2.05, 4.69) is 15.6 Å². The number of halogens is 2. The van der Waals surface area contributed by atoms with Gasteiger partial charge in [-0.3, -0.25) is 14.0 Å². The van der Waals surface area contributed by atoms with Gasteiger partial charge in [0.15, 0.2) is 0 Å². The first-order chi connectivity index (χ1) is 18.4. The van der Waals surface area contributed by atoms with Crippen LogP contribution < -0.4 is 10.6 Å². The van der Waals surface area contributed by atoms with Gasteiger partial charge in [-0.2, -0.15) is 0 Å². The zero-order chi connectivity index (χ0) is 26.6. The van der Waals surface area contributed by atoms with Gasteiger partial charge in [0.25, 0.3) is 5.91 Å². The third-order valence-corrected chi connectivity index (χ3v) is 7.95. The number of hydrogen-bond acceptors (Lipinski definition) is 4. The van der Waals surface area contributed by atoms with E-state index in [0.717, 1.165) is 76.0 Å². The van der Waals surface area contributed by atoms with Crippen molar-refractivity contribution in [3.05, 3.63) is 53.7 Å². The molecular weight excluding hydrogens is 490 g/mol. The van der Waals surface area contributed by atoms with Crippen LogP contribution in [0.3, 0.4) is 0 Å². The zero-order valence-electron chi connectivity index (χ0n) is 21.4. The molecule has 2 saturated carbocycles. The highest BCUT2D eigenvalue weighted by atomic mass is 19.1. The monoisotopic (exact) mass is 524 g/mol. The number of imidazole rings is 1. The molecule has 202 valence electrons. The van der Waals surface area contributed by atoms with Gasteiger partial charge < -0.3 is 15.7 Å². The number of carbonyl (C=O) groups excluding carboxylic acids is 1. The molecule has 3 N–H and O–H groups in total. The van der Waals surface area contributed by atoms with Gasteiger partial charge >= 0.3 is 5.97 Å². The standard InChI is InChI=1S/C29H34F2N4O3/c30-20-11-12-23(31)22(16-20)27-28(32-21-9-5-2-6-10-21)35-14-13-19(15-25(35)34-27)29(38)33-24(17-26(36)37)18-7-3-1-4-8-18/h11-16,18,21,24,32H,1-10,17H2,(H,33,38)(H,36,37). The molecule has 2 fully saturated rings. The Hall–Kier alpha value is -3.49. The van der Waals surface area contributed by atoms with Crippen molar-refractivity contribution in [2.75, 3.05) is 5.32 Å². The fraction of sp³-hybridized carbons (Fsp3) is 0.483. The zero-order valence-corrected chi connectivity index (χ0v) is 21.4. The van der Waals surface area contributed by atoms with E-state index in [1.54, 1.807) is 22.7 Å². The number of hydrogen-bond donors (Lipinski definition) is 3. The molecule has 38 heavy (non-hydrogen) atoms. The molecule has 1 aromatic carbocycles. The number of nitrogens with zero attached hydrogens (tertiary/aromatic N) is 2. The third kappa shape index (κ3) is 5.81. The van der Waals surface area contributed by atoms with Crippen molar-refractivity contribution < 1.29 is 23.5 Å². The molecule has 0 radical (unpaired) electrons. The summed E-state index contributed by atoms with van der Waals surface area (Å²) in [6.07, 6.45) is 11.9. The molecule has 7 nitrogen and oxygen atoms in total. The van der Waals surface area contributed by atoms with Crippen LogP contribution in [0.15, 0.2) is 36.5 Å². The summed E-state index contributed by atoms with van der Waals surface area (Å²) in [6.45, 7) is 0. The van der Waals surface area contributed by atoms with Gasteiger partial charge in [0.05, 0.1) is 6.42 Å². The Labute approximate surface area is 220 Å². The number of carbonyl (C=O) groups is 2. The van der Waals surface area contributed by atoms with Crippen LogP contribution in [0.4, 0.5) is 14.6 Å². The Balaban J connectivity index is 1.48. The molecule has 1 atom stereocenters. The quantitative estimate of drug-likeness (QED) is 0.327. The van der Waals surface area contributed by atoms with E-state index in [1.165, 1.54) is 6.42 Å². The fourth-order valence-electron chi connectivity index (χ4n) is 5.94. The maximum absolute atomic E-state index is 14.8. The number of nitrogens with one attached hydrogen (secondary N) is 2. The van der Waals surface area contributed by atoms with Gasteiger partial charge in [-0.05, 0) is 61.9 Å². The van der Waals surface area contributed by atoms with E-state index in [1.807, 2.05) is 0 Å². The number of aliphatic carboxylic acids is 1. The SMILES string of the molecule is O=C(O)CC(NC(=O)c1ccn2c(NC3CCCCC3)c(-c3cc(F)ccc3F)nc2c1)C1CCCCC1. The predicted molar refractivity (Wildman–Crippen MR) is 141 cm³/mol. The smallest absolute Gasteiger partial charge is 0.305 e. The molecule has 1 unspecified atom stereocenters. The first kappa shape index (κ1) is 26.1. The number of carboxylic acid groups (broad SMARTS) is 1. The summed E-state index contributed by atoms with van der Waals surface area (Å²) in [5.41, 5.74) is 1.10. The summed E-state index contributed by atoms with van der Waals surface area (Å²) < 4.78 is 30.7. The average Bonchev–Trinajstić information content (AvgIpc) is 3.27. The van der Waals surface area contributed by atoms with Crippen molar-refractivity contribution in [3.8, 4) is 11.3 Å². The number of fused-ring (bicyclic) bond motifs is 1. The highest BCUT2D eigenvalue weighted by molar-refractivity contribution is 5.96. The Kier molecular flexibility index (Phi) is 7.90. The molecule has 1 amide bonds. The number of rotatable bonds is 8. The maximum Gasteiger partial charge on any atom is 0.305 e. The van der Waals surface area contributed by atoms with Crippen LogP contribution >= 0.6 is 0 Å². The second-order valence-electron chi connectivity index (χ2n) is 10.6. The van der Waals surface area contributed by atoms with E-state index in [-0.39, 0.29) is 35.5 Å². The Morgan fingerprint density at radius 2 is 1.71 bits per heavy atom. The lowest BCUT2D eigenvalue weighted by Crippen LogP contribution is -2.42. The van der Waals surface area contributed by atoms with Crippen LogP contribution in [0.5, 0.6) is 0 Å². The van der Waals surface area contributed by atoms with E-state index in [0.29, 0.717) is 17.0 Å². The molecule has 0 saturated heterocycles. The van der Waals surface area contributed by atoms with E-state index < -0.39 is 23.6 Å². The van der Waals surface area contributed by atoms with E-state index in [4.69, 9.17) is 0 Å². The van der Waals surface area contributed by atoms with Crippen molar-refractivity contribution in [2.45, 2.75) is 82.7 Å². The Bertz CT molecular complexity index is 1310. The highest BCUT2D eigenvalue weighted by Crippen LogP contribution is 2.34. The molecule has 0 spiro atoms. The molecule has 2 aliphatic carbocycles. The van der Waals surface area contributed by atoms with E-state index in [9.17, 15) is 23.5 Å². The van der Waals surface area contributed by atoms with Crippen molar-refractivity contribution in [3.63, 3.8) is 0 Å². The summed E-state index contributed by atoms with van der Waals surface area (Å²) >= 11 is 0. The molecule has 2 heterocycles. The normalized spacial score (nSPS) is 17.8. The molecule has 3 aromatic rings. The molecule has 0 bridgehead atoms. The fourth-order valence-corrected chi connectivity index (χ4v) is 5.94. The molecular formula is C29H34F2N4O3. The first-order valence-electron chi connectivity index (χ1n) is 13.7. The largest absolute Gasteiger partial charge is 0.481 e. The number of carboxylic acids is 1. The minimum atomic E-state index is -0.940. The lowest BCUT2D eigenvalue weighted by atomic mass is 9.82. The lowest BCUT2D eigenvalue weighted by Gasteiger charge is -2.30. The molecule has 2 aromatic heterocycles. The average molecular weight is 525 g/mol. The van der Waals surface area contributed by atoms with Crippen LogP contribution in [0.25, 0.3) is 16.9 Å². The number of aromatic nitrogens is 2. The Morgan fingerprint density at radius 1 is 1.00 bits per heavy atom. The summed E-state index contributed by atoms with van der Waals surface area (Å²) in [6, 6.07) is 6.31. The second-order valence-corrected chi connectivity index (χ2v) is 10.6. The van der Waals surface area contributed by atoms with Gasteiger partial charge in [0.1, 0.15) is 28.8 Å². The van der Waals surface area contributed by atoms with Crippen LogP contribution in [-0.4, -0.2) is 38.5 Å². The van der Waals surface area contributed by atoms with Crippen molar-refractivity contribution in [2.24, 2.45) is 5.92 Å². The van der Waals surface area contributed by atoms with Gasteiger partial charge in [0.2, 0.25) is 0 Å². The summed E-state index contributed by atoms with van der Waals surface area (Å²) in [5, 5.41) is 15.9. The van der Waals surface area contributed by atoms with Crippen LogP contribution in [0.2, 0.25) is 0 Å². The number of pyridine rings is 1. The minimum absolute atomic E-state index is 0.0526. The molecule has 5 rings (SSSR count). The van der Waals surface area contributed by atoms with Gasteiger partial charge in [0, 0.05) is 29.4 Å². The van der Waals surface area contributed by atoms with Crippen LogP contribution in [-0.2, 0) is 4.79 Å². The number of benzene rings is 1. The molecule has 9 heteroatoms. The predicted octanol–water partition coefficient (Wildman–Crippen LogP) is 6.18. The van der Waals surface area contributed by atoms with E-state index >= 15 is 0 Å². The maximum atomic E-state index is 14.8. The second kappa shape index (κ2) is 11.5. The number of amides is 1. The summed E-state index contributed by atoms with van der Waals surface area (Å²) in [7, 11) is 0. The van der Waals surface area contributed by atoms with Gasteiger partial charge in [-0.15, -0.1) is 0 Å². The van der Waals surface area contributed by atoms with Crippen molar-refractivity contribution >= 4 is 23.3 Å². The summed E-state index contributed by atoms with van der Waals surface area (Å²) in [5.74, 6) is -1.75. The van der Waals surface area contributed by atoms with Gasteiger partial charge in [-0.1, -0.05) is 38.5 Å². The van der Waals surface area contributed by atoms with Crippen molar-refractivity contribution in [1.29, 1.82) is 0 Å². The van der Waals surface area contributed by atoms with Crippen LogP contribution in [0, 0.1) is 17.6 Å². The molecule has 2 aliphatic rings. The Morgan fingerprint density at radius 3 is 2.42 bits per heavy atom. The number of anilines is 1. The molecule has 0 aliphatic heterocycles. The summed E-state index contributed by atoms with van der Waals surface area (Å²) in [4.78, 5) is 29.4. The minimum Gasteiger partial charge on any atom is -0.481 e. The highest BCUT2D eigenvalue weighted by Gasteiger charge is 2.28. The van der Waals surface area contributed by atoms with Crippen LogP contribution in [0.1, 0.15) is 81.0 Å². The topological polar surface area (TPSA) is 95.7 Å². The van der Waals surface area contributed by atoms with Crippen molar-refractivity contribution in [1.82, 2.24) is 14.7 Å². The third-order valence-electron chi connectivity index (χ3n) is 7.95. The lowest BCUT2D eigenvalue weighted by molar-refractivity contribution is -0.137.